The molecule has 5 aliphatic rings. The van der Waals surface area contributed by atoms with Crippen LogP contribution < -0.4 is 0 Å². The number of piperidine rings is 2. The monoisotopic (exact) mass is 697 g/mol. The van der Waals surface area contributed by atoms with Gasteiger partial charge >= 0.3 is 0 Å². The molecule has 3 fully saturated rings. The summed E-state index contributed by atoms with van der Waals surface area (Å²) >= 11 is 0. The van der Waals surface area contributed by atoms with Gasteiger partial charge in [-0.3, -0.25) is 19.3 Å². The lowest BCUT2D eigenvalue weighted by atomic mass is 10.00. The summed E-state index contributed by atoms with van der Waals surface area (Å²) in [6.45, 7) is 11.8. The minimum Gasteiger partial charge on any atom is -0.379 e. The minimum atomic E-state index is 0.675. The van der Waals surface area contributed by atoms with Crippen molar-refractivity contribution in [3.8, 4) is 5.69 Å². The first kappa shape index (κ1) is 32.6. The van der Waals surface area contributed by atoms with Crippen LogP contribution in [0.4, 0.5) is 0 Å². The van der Waals surface area contributed by atoms with Crippen molar-refractivity contribution >= 4 is 33.1 Å². The van der Waals surface area contributed by atoms with E-state index < -0.39 is 0 Å². The average molecular weight is 698 g/mol. The molecule has 5 aliphatic heterocycles. The summed E-state index contributed by atoms with van der Waals surface area (Å²) in [6, 6.07) is 23.2. The smallest absolute Gasteiger partial charge is 0.111 e. The predicted octanol–water partition coefficient (Wildman–Crippen LogP) is 6.06. The molecule has 0 amide bonds. The van der Waals surface area contributed by atoms with Gasteiger partial charge in [-0.05, 0) is 86.8 Å². The topological polar surface area (TPSA) is 72.4 Å². The molecule has 0 N–H and O–H groups in total. The molecule has 0 saturated carbocycles. The zero-order valence-electron chi connectivity index (χ0n) is 30.4. The zero-order chi connectivity index (χ0) is 34.4. The molecular formula is C42H51N9O. The molecule has 10 heteroatoms. The number of imidazole rings is 3. The highest BCUT2D eigenvalue weighted by Gasteiger charge is 2.29. The fraction of sp³-hybridized carbons (Fsp3) is 0.500. The lowest BCUT2D eigenvalue weighted by molar-refractivity contribution is 0.0342. The van der Waals surface area contributed by atoms with E-state index in [0.717, 1.165) is 87.6 Å². The van der Waals surface area contributed by atoms with Crippen molar-refractivity contribution in [3.05, 3.63) is 84.2 Å². The quantitative estimate of drug-likeness (QED) is 0.223. The second-order valence-electron chi connectivity index (χ2n) is 15.6. The summed E-state index contributed by atoms with van der Waals surface area (Å²) in [5, 5.41) is 0. The molecule has 2 atom stereocenters. The normalized spacial score (nSPS) is 22.9. The first-order valence-electron chi connectivity index (χ1n) is 19.9. The molecule has 3 aromatic heterocycles. The molecule has 0 radical (unpaired) electrons. The van der Waals surface area contributed by atoms with Gasteiger partial charge in [0.1, 0.15) is 18.0 Å². The molecule has 0 spiro atoms. The maximum Gasteiger partial charge on any atom is 0.111 e. The Bertz CT molecular complexity index is 2190. The van der Waals surface area contributed by atoms with Crippen LogP contribution in [0.15, 0.2) is 67.0 Å². The molecule has 270 valence electrons. The standard InChI is InChI=1S/C22H23N5.C20H28N4O/c1-2-7-20-18(6-1)23-15-27(20)17-8-9-21-19(13-17)24-22-14-16-5-3-4-10-25(16)11-12-26(21)22;1-2-6-23-7-8-24-19-5-4-16(15-22-9-11-25-12-10-22)13-18(19)21-20(24)14-17(23)3-1/h1-2,6-9,13,15-16H,3-5,10-12,14H2;4-5,13,17H,1-3,6-12,14-15H2. The van der Waals surface area contributed by atoms with Crippen LogP contribution in [0.3, 0.4) is 0 Å². The highest BCUT2D eigenvalue weighted by molar-refractivity contribution is 5.82. The van der Waals surface area contributed by atoms with E-state index in [1.165, 1.54) is 91.9 Å². The number of rotatable bonds is 3. The SMILES string of the molecule is c1cc2c(cc1CN1CCOCC1)nc1n2CCN2CCCCC2C1.c1ccc2c(c1)ncn2-c1ccc2c(c1)nc1n2CCN2CCCCC2C1. The maximum absolute atomic E-state index is 5.46. The number of fused-ring (bicyclic) bond motifs is 9. The summed E-state index contributed by atoms with van der Waals surface area (Å²) in [5.41, 5.74) is 9.53. The van der Waals surface area contributed by atoms with E-state index in [2.05, 4.69) is 88.0 Å². The molecule has 10 nitrogen and oxygen atoms in total. The maximum atomic E-state index is 5.46. The summed E-state index contributed by atoms with van der Waals surface area (Å²) in [7, 11) is 0. The summed E-state index contributed by atoms with van der Waals surface area (Å²) in [4.78, 5) is 22.5. The molecule has 11 rings (SSSR count). The van der Waals surface area contributed by atoms with E-state index in [9.17, 15) is 0 Å². The largest absolute Gasteiger partial charge is 0.379 e. The Morgan fingerprint density at radius 3 is 1.96 bits per heavy atom. The molecule has 8 heterocycles. The number of nitrogens with zero attached hydrogens (tertiary/aromatic N) is 9. The Hall–Kier alpha value is -4.09. The Morgan fingerprint density at radius 2 is 1.25 bits per heavy atom. The van der Waals surface area contributed by atoms with Gasteiger partial charge in [0.15, 0.2) is 0 Å². The van der Waals surface area contributed by atoms with Gasteiger partial charge in [-0.2, -0.15) is 0 Å². The highest BCUT2D eigenvalue weighted by Crippen LogP contribution is 2.30. The van der Waals surface area contributed by atoms with E-state index in [-0.39, 0.29) is 0 Å². The number of hydrogen-bond acceptors (Lipinski definition) is 7. The van der Waals surface area contributed by atoms with Gasteiger partial charge in [0, 0.05) is 76.4 Å². The number of para-hydroxylation sites is 2. The van der Waals surface area contributed by atoms with Gasteiger partial charge in [-0.25, -0.2) is 15.0 Å². The lowest BCUT2D eigenvalue weighted by Gasteiger charge is -2.33. The van der Waals surface area contributed by atoms with Crippen molar-refractivity contribution in [3.63, 3.8) is 0 Å². The molecule has 2 unspecified atom stereocenters. The number of benzene rings is 3. The first-order valence-corrected chi connectivity index (χ1v) is 19.9. The van der Waals surface area contributed by atoms with E-state index in [0.29, 0.717) is 12.1 Å². The van der Waals surface area contributed by atoms with Gasteiger partial charge in [0.05, 0.1) is 46.3 Å². The van der Waals surface area contributed by atoms with Crippen molar-refractivity contribution in [2.24, 2.45) is 0 Å². The molecule has 0 bridgehead atoms. The summed E-state index contributed by atoms with van der Waals surface area (Å²) in [6.07, 6.45) is 12.2. The summed E-state index contributed by atoms with van der Waals surface area (Å²) in [5.74, 6) is 2.56. The van der Waals surface area contributed by atoms with E-state index in [1.54, 1.807) is 0 Å². The average Bonchev–Trinajstić information content (AvgIpc) is 3.79. The van der Waals surface area contributed by atoms with Gasteiger partial charge in [-0.1, -0.05) is 31.0 Å². The Labute approximate surface area is 306 Å². The van der Waals surface area contributed by atoms with Crippen molar-refractivity contribution in [2.45, 2.75) is 83.1 Å². The number of morpholine rings is 1. The Kier molecular flexibility index (Phi) is 8.79. The molecule has 3 aromatic carbocycles. The lowest BCUT2D eigenvalue weighted by Crippen LogP contribution is -2.40. The number of hydrogen-bond donors (Lipinski definition) is 0. The Balaban J connectivity index is 0.000000131. The van der Waals surface area contributed by atoms with Crippen LogP contribution in [-0.4, -0.2) is 108 Å². The van der Waals surface area contributed by atoms with Crippen molar-refractivity contribution in [1.29, 1.82) is 0 Å². The first-order chi connectivity index (χ1) is 25.7. The van der Waals surface area contributed by atoms with E-state index in [4.69, 9.17) is 14.7 Å². The summed E-state index contributed by atoms with van der Waals surface area (Å²) < 4.78 is 12.5. The van der Waals surface area contributed by atoms with Crippen molar-refractivity contribution < 1.29 is 4.74 Å². The van der Waals surface area contributed by atoms with Crippen molar-refractivity contribution in [2.75, 3.05) is 52.5 Å². The second kappa shape index (κ2) is 14.0. The highest BCUT2D eigenvalue weighted by atomic mass is 16.5. The predicted molar refractivity (Wildman–Crippen MR) is 206 cm³/mol. The molecule has 0 aliphatic carbocycles. The third kappa shape index (κ3) is 6.23. The van der Waals surface area contributed by atoms with Gasteiger partial charge < -0.3 is 13.9 Å². The van der Waals surface area contributed by atoms with Crippen LogP contribution in [-0.2, 0) is 37.2 Å². The number of aromatic nitrogens is 6. The fourth-order valence-corrected chi connectivity index (χ4v) is 9.68. The zero-order valence-corrected chi connectivity index (χ0v) is 30.4. The van der Waals surface area contributed by atoms with Gasteiger partial charge in [0.2, 0.25) is 0 Å². The molecule has 52 heavy (non-hydrogen) atoms. The number of ether oxygens (including phenoxy) is 1. The van der Waals surface area contributed by atoms with Crippen LogP contribution in [0.25, 0.3) is 38.8 Å². The Morgan fingerprint density at radius 1 is 0.596 bits per heavy atom. The molecule has 3 saturated heterocycles. The minimum absolute atomic E-state index is 0.675. The molecule has 6 aromatic rings. The third-order valence-electron chi connectivity index (χ3n) is 12.5. The second-order valence-corrected chi connectivity index (χ2v) is 15.6. The van der Waals surface area contributed by atoms with Crippen LogP contribution in [0.1, 0.15) is 55.7 Å². The van der Waals surface area contributed by atoms with Gasteiger partial charge in [0.25, 0.3) is 0 Å². The van der Waals surface area contributed by atoms with Crippen LogP contribution in [0, 0.1) is 0 Å². The molecular weight excluding hydrogens is 647 g/mol. The van der Waals surface area contributed by atoms with Crippen LogP contribution in [0.5, 0.6) is 0 Å². The van der Waals surface area contributed by atoms with Crippen LogP contribution in [0.2, 0.25) is 0 Å². The van der Waals surface area contributed by atoms with E-state index >= 15 is 0 Å². The fourth-order valence-electron chi connectivity index (χ4n) is 9.68. The third-order valence-corrected chi connectivity index (χ3v) is 12.5. The van der Waals surface area contributed by atoms with Gasteiger partial charge in [-0.15, -0.1) is 0 Å². The van der Waals surface area contributed by atoms with Crippen molar-refractivity contribution in [1.82, 2.24) is 43.4 Å². The van der Waals surface area contributed by atoms with E-state index in [1.807, 2.05) is 12.4 Å². The van der Waals surface area contributed by atoms with Crippen LogP contribution >= 0.6 is 0 Å².